The van der Waals surface area contributed by atoms with Gasteiger partial charge in [-0.25, -0.2) is 14.6 Å². The van der Waals surface area contributed by atoms with Crippen molar-refractivity contribution in [2.24, 2.45) is 0 Å². The summed E-state index contributed by atoms with van der Waals surface area (Å²) < 4.78 is 24.8. The number of esters is 3. The van der Waals surface area contributed by atoms with Gasteiger partial charge < -0.3 is 34.0 Å². The second kappa shape index (κ2) is 14.4. The number of ether oxygens (including phenoxy) is 4. The van der Waals surface area contributed by atoms with Crippen LogP contribution < -0.4 is 16.0 Å². The lowest BCUT2D eigenvalue weighted by molar-refractivity contribution is -0.152. The van der Waals surface area contributed by atoms with Gasteiger partial charge in [-0.1, -0.05) is 0 Å². The number of methoxy groups -OCH3 is 1. The molecule has 0 unspecified atom stereocenters. The van der Waals surface area contributed by atoms with Gasteiger partial charge in [-0.2, -0.15) is 0 Å². The quantitative estimate of drug-likeness (QED) is 0.258. The third-order valence-electron chi connectivity index (χ3n) is 4.84. The molecule has 0 spiro atoms. The van der Waals surface area contributed by atoms with Crippen LogP contribution in [0.25, 0.3) is 11.5 Å². The van der Waals surface area contributed by atoms with Crippen LogP contribution in [0, 0.1) is 0 Å². The minimum Gasteiger partial charge on any atom is -0.467 e. The van der Waals surface area contributed by atoms with Crippen LogP contribution >= 0.6 is 0 Å². The predicted octanol–water partition coefficient (Wildman–Crippen LogP) is 1.57. The highest BCUT2D eigenvalue weighted by atomic mass is 16.6. The lowest BCUT2D eigenvalue weighted by Gasteiger charge is -2.21. The zero-order valence-electron chi connectivity index (χ0n) is 23.4. The molecule has 0 fully saturated rings. The van der Waals surface area contributed by atoms with Gasteiger partial charge in [0.15, 0.2) is 11.7 Å². The van der Waals surface area contributed by atoms with Crippen LogP contribution in [0.5, 0.6) is 0 Å². The summed E-state index contributed by atoms with van der Waals surface area (Å²) in [6.45, 7) is 6.33. The van der Waals surface area contributed by atoms with Crippen molar-refractivity contribution in [1.29, 1.82) is 0 Å². The van der Waals surface area contributed by atoms with E-state index in [1.54, 1.807) is 45.0 Å². The number of carbonyl (C=O) groups excluding carboxylic acids is 6. The van der Waals surface area contributed by atoms with Crippen molar-refractivity contribution < 1.29 is 52.1 Å². The topological polar surface area (TPSA) is 201 Å². The number of rotatable bonds is 11. The molecule has 2 aromatic rings. The molecule has 0 saturated carbocycles. The van der Waals surface area contributed by atoms with E-state index in [4.69, 9.17) is 18.6 Å². The molecule has 0 aliphatic heterocycles. The Bertz CT molecular complexity index is 1260. The lowest BCUT2D eigenvalue weighted by Crippen LogP contribution is -2.55. The maximum Gasteiger partial charge on any atom is 0.412 e. The Hall–Kier alpha value is -4.95. The average molecular weight is 577 g/mol. The Morgan fingerprint density at radius 3 is 2.02 bits per heavy atom. The Kier molecular flexibility index (Phi) is 11.4. The SMILES string of the molecule is COC(=O)[C@H](COC(C)=O)NC(=O)[C@H](COC(C)=O)NC(=O)c1coc(-c2ccc(NC(=O)OC(C)(C)C)cc2)n1. The summed E-state index contributed by atoms with van der Waals surface area (Å²) in [5.41, 5.74) is 0.0513. The van der Waals surface area contributed by atoms with E-state index in [2.05, 4.69) is 25.7 Å². The predicted molar refractivity (Wildman–Crippen MR) is 140 cm³/mol. The largest absolute Gasteiger partial charge is 0.467 e. The standard InChI is InChI=1S/C26H32N4O11/c1-14(31)38-11-18(21(33)29-20(24(35)37-6)13-39-15(2)32)28-22(34)19-12-40-23(30-19)16-7-9-17(10-8-16)27-25(36)41-26(3,4)5/h7-10,12,18,20H,11,13H2,1-6H3,(H,27,36)(H,28,34)(H,29,33)/t18-,20-/m0/s1. The number of hydrogen-bond donors (Lipinski definition) is 3. The molecule has 0 saturated heterocycles. The van der Waals surface area contributed by atoms with E-state index >= 15 is 0 Å². The summed E-state index contributed by atoms with van der Waals surface area (Å²) >= 11 is 0. The van der Waals surface area contributed by atoms with Crippen molar-refractivity contribution >= 4 is 41.5 Å². The van der Waals surface area contributed by atoms with Gasteiger partial charge >= 0.3 is 24.0 Å². The number of aromatic nitrogens is 1. The highest BCUT2D eigenvalue weighted by Gasteiger charge is 2.30. The first-order chi connectivity index (χ1) is 19.2. The van der Waals surface area contributed by atoms with Crippen molar-refractivity contribution in [3.8, 4) is 11.5 Å². The molecule has 3 N–H and O–H groups in total. The van der Waals surface area contributed by atoms with Crippen molar-refractivity contribution in [2.45, 2.75) is 52.3 Å². The molecule has 1 aromatic heterocycles. The van der Waals surface area contributed by atoms with Crippen LogP contribution in [0.3, 0.4) is 0 Å². The fourth-order valence-electron chi connectivity index (χ4n) is 3.03. The minimum atomic E-state index is -1.46. The second-order valence-corrected chi connectivity index (χ2v) is 9.46. The number of carbonyl (C=O) groups is 6. The summed E-state index contributed by atoms with van der Waals surface area (Å²) in [6, 6.07) is 3.49. The van der Waals surface area contributed by atoms with Gasteiger partial charge in [0.1, 0.15) is 31.1 Å². The van der Waals surface area contributed by atoms with Crippen LogP contribution in [-0.4, -0.2) is 78.8 Å². The Balaban J connectivity index is 2.12. The van der Waals surface area contributed by atoms with Gasteiger partial charge in [0.05, 0.1) is 7.11 Å². The first kappa shape index (κ1) is 32.3. The van der Waals surface area contributed by atoms with E-state index in [0.717, 1.165) is 27.2 Å². The number of nitrogens with zero attached hydrogens (tertiary/aromatic N) is 1. The molecule has 2 atom stereocenters. The monoisotopic (exact) mass is 576 g/mol. The Labute approximate surface area is 235 Å². The van der Waals surface area contributed by atoms with Crippen molar-refractivity contribution in [1.82, 2.24) is 15.6 Å². The summed E-state index contributed by atoms with van der Waals surface area (Å²) in [4.78, 5) is 76.2. The zero-order chi connectivity index (χ0) is 30.7. The van der Waals surface area contributed by atoms with Crippen LogP contribution in [0.15, 0.2) is 34.9 Å². The molecule has 1 aromatic carbocycles. The molecule has 41 heavy (non-hydrogen) atoms. The summed E-state index contributed by atoms with van der Waals surface area (Å²) in [7, 11) is 1.07. The Morgan fingerprint density at radius 1 is 0.902 bits per heavy atom. The third kappa shape index (κ3) is 11.0. The summed E-state index contributed by atoms with van der Waals surface area (Å²) in [6.07, 6.45) is 0.424. The number of oxazole rings is 1. The molecular weight excluding hydrogens is 544 g/mol. The summed E-state index contributed by atoms with van der Waals surface area (Å²) in [5, 5.41) is 7.23. The first-order valence-electron chi connectivity index (χ1n) is 12.2. The van der Waals surface area contributed by atoms with Crippen molar-refractivity contribution in [2.75, 3.05) is 25.6 Å². The fraction of sp³-hybridized carbons (Fsp3) is 0.423. The molecule has 3 amide bonds. The molecule has 0 radical (unpaired) electrons. The molecule has 0 aliphatic carbocycles. The van der Waals surface area contributed by atoms with Gasteiger partial charge in [-0.05, 0) is 45.0 Å². The van der Waals surface area contributed by atoms with E-state index in [0.29, 0.717) is 11.3 Å². The highest BCUT2D eigenvalue weighted by Crippen LogP contribution is 2.21. The molecule has 0 bridgehead atoms. The fourth-order valence-corrected chi connectivity index (χ4v) is 3.03. The van der Waals surface area contributed by atoms with Gasteiger partial charge in [-0.15, -0.1) is 0 Å². The normalized spacial score (nSPS) is 12.2. The average Bonchev–Trinajstić information content (AvgIpc) is 3.38. The van der Waals surface area contributed by atoms with E-state index < -0.39 is 66.7 Å². The van der Waals surface area contributed by atoms with Crippen LogP contribution in [0.1, 0.15) is 45.1 Å². The van der Waals surface area contributed by atoms with E-state index in [1.807, 2.05) is 0 Å². The molecule has 222 valence electrons. The molecule has 1 heterocycles. The molecule has 2 rings (SSSR count). The Morgan fingerprint density at radius 2 is 1.49 bits per heavy atom. The number of anilines is 1. The molecular formula is C26H32N4O11. The first-order valence-corrected chi connectivity index (χ1v) is 12.2. The van der Waals surface area contributed by atoms with Gasteiger partial charge in [0.2, 0.25) is 11.8 Å². The lowest BCUT2D eigenvalue weighted by atomic mass is 10.2. The molecule has 15 nitrogen and oxygen atoms in total. The van der Waals surface area contributed by atoms with E-state index in [-0.39, 0.29) is 11.6 Å². The maximum absolute atomic E-state index is 12.9. The number of hydrogen-bond acceptors (Lipinski definition) is 12. The van der Waals surface area contributed by atoms with Crippen molar-refractivity contribution in [3.05, 3.63) is 36.2 Å². The van der Waals surface area contributed by atoms with Crippen LogP contribution in [0.4, 0.5) is 10.5 Å². The number of amides is 3. The smallest absolute Gasteiger partial charge is 0.412 e. The molecule has 15 heteroatoms. The van der Waals surface area contributed by atoms with Gasteiger partial charge in [-0.3, -0.25) is 24.5 Å². The third-order valence-corrected chi connectivity index (χ3v) is 4.84. The van der Waals surface area contributed by atoms with E-state index in [1.165, 1.54) is 0 Å². The number of benzene rings is 1. The summed E-state index contributed by atoms with van der Waals surface area (Å²) in [5.74, 6) is -4.06. The second-order valence-electron chi connectivity index (χ2n) is 9.46. The van der Waals surface area contributed by atoms with Crippen molar-refractivity contribution in [3.63, 3.8) is 0 Å². The zero-order valence-corrected chi connectivity index (χ0v) is 23.4. The number of nitrogens with one attached hydrogen (secondary N) is 3. The minimum absolute atomic E-state index is 0.0621. The van der Waals surface area contributed by atoms with Crippen LogP contribution in [0.2, 0.25) is 0 Å². The van der Waals surface area contributed by atoms with Gasteiger partial charge in [0.25, 0.3) is 5.91 Å². The van der Waals surface area contributed by atoms with Crippen LogP contribution in [-0.2, 0) is 38.1 Å². The maximum atomic E-state index is 12.9. The molecule has 0 aliphatic rings. The van der Waals surface area contributed by atoms with E-state index in [9.17, 15) is 28.8 Å². The highest BCUT2D eigenvalue weighted by molar-refractivity contribution is 5.97. The van der Waals surface area contributed by atoms with Gasteiger partial charge in [0, 0.05) is 25.1 Å².